The lowest BCUT2D eigenvalue weighted by Gasteiger charge is -2.71. The first-order valence-electron chi connectivity index (χ1n) is 38.7. The van der Waals surface area contributed by atoms with E-state index >= 15 is 4.79 Å². The summed E-state index contributed by atoms with van der Waals surface area (Å²) in [6, 6.07) is 0. The van der Waals surface area contributed by atoms with Crippen LogP contribution in [-0.4, -0.2) is 352 Å². The number of aldehydes is 1. The lowest BCUT2D eigenvalue weighted by atomic mass is 9.33. The van der Waals surface area contributed by atoms with Gasteiger partial charge in [0.15, 0.2) is 62.2 Å². The summed E-state index contributed by atoms with van der Waals surface area (Å²) in [5, 5.41) is 185. The Bertz CT molecular complexity index is 3350. The molecule has 0 bridgehead atoms. The van der Waals surface area contributed by atoms with Crippen molar-refractivity contribution in [3.8, 4) is 0 Å². The van der Waals surface area contributed by atoms with Crippen molar-refractivity contribution in [2.45, 2.75) is 342 Å². The van der Waals surface area contributed by atoms with Crippen LogP contribution in [-0.2, 0) is 99.8 Å². The Hall–Kier alpha value is -3.87. The van der Waals surface area contributed by atoms with E-state index in [2.05, 4.69) is 40.7 Å². The van der Waals surface area contributed by atoms with Crippen molar-refractivity contribution >= 4 is 30.2 Å². The van der Waals surface area contributed by atoms with Gasteiger partial charge in [-0.15, -0.1) is 0 Å². The fourth-order valence-electron chi connectivity index (χ4n) is 20.8. The van der Waals surface area contributed by atoms with Crippen molar-refractivity contribution in [3.63, 3.8) is 0 Å². The van der Waals surface area contributed by atoms with Crippen LogP contribution in [0.15, 0.2) is 11.6 Å². The summed E-state index contributed by atoms with van der Waals surface area (Å²) in [5.41, 5.74) is -3.91. The van der Waals surface area contributed by atoms with Crippen molar-refractivity contribution in [3.05, 3.63) is 11.6 Å². The monoisotopic (exact) mass is 1610 g/mol. The number of fused-ring (bicyclic) bond motifs is 7. The number of aliphatic carboxylic acids is 1. The second-order valence-corrected chi connectivity index (χ2v) is 34.6. The fraction of sp³-hybridized carbons (Fsp3) is 0.905. The molecule has 7 saturated heterocycles. The van der Waals surface area contributed by atoms with Gasteiger partial charge in [-0.3, -0.25) is 14.4 Å². The van der Waals surface area contributed by atoms with E-state index in [9.17, 15) is 106 Å². The van der Waals surface area contributed by atoms with E-state index in [1.165, 1.54) is 13.8 Å². The van der Waals surface area contributed by atoms with E-state index in [0.29, 0.717) is 51.4 Å². The Morgan fingerprint density at radius 1 is 0.473 bits per heavy atom. The lowest BCUT2D eigenvalue weighted by Crippen LogP contribution is -2.69. The molecule has 112 heavy (non-hydrogen) atoms. The maximum Gasteiger partial charge on any atom is 0.335 e. The number of hydrogen-bond acceptors (Lipinski definition) is 37. The summed E-state index contributed by atoms with van der Waals surface area (Å²) in [5.74, 6) is -5.37. The van der Waals surface area contributed by atoms with Gasteiger partial charge in [-0.2, -0.15) is 0 Å². The Labute approximate surface area is 645 Å². The topological polar surface area (TPSA) is 577 Å². The Kier molecular flexibility index (Phi) is 26.1. The molecule has 5 aliphatic carbocycles. The summed E-state index contributed by atoms with van der Waals surface area (Å²) < 4.78 is 97.8. The van der Waals surface area contributed by atoms with Gasteiger partial charge in [0.1, 0.15) is 128 Å². The van der Waals surface area contributed by atoms with Gasteiger partial charge in [-0.25, -0.2) is 4.79 Å². The van der Waals surface area contributed by atoms with Crippen LogP contribution >= 0.6 is 0 Å². The number of esters is 3. The second kappa shape index (κ2) is 33.4. The molecule has 0 aromatic carbocycles. The average Bonchev–Trinajstić information content (AvgIpc) is 0.675. The number of carboxylic acid groups (broad SMARTS) is 1. The molecule has 0 spiro atoms. The zero-order valence-corrected chi connectivity index (χ0v) is 64.1. The number of hydrogen-bond donors (Lipinski definition) is 17. The van der Waals surface area contributed by atoms with Gasteiger partial charge in [-0.1, -0.05) is 53.2 Å². The molecule has 638 valence electrons. The van der Waals surface area contributed by atoms with Gasteiger partial charge >= 0.3 is 23.9 Å². The van der Waals surface area contributed by atoms with Crippen LogP contribution in [0.5, 0.6) is 0 Å². The third kappa shape index (κ3) is 15.6. The smallest absolute Gasteiger partial charge is 0.335 e. The molecule has 42 atom stereocenters. The number of carboxylic acids is 1. The van der Waals surface area contributed by atoms with Gasteiger partial charge in [0.05, 0.1) is 55.6 Å². The van der Waals surface area contributed by atoms with Crippen molar-refractivity contribution in [2.24, 2.45) is 50.2 Å². The minimum atomic E-state index is -2.23. The van der Waals surface area contributed by atoms with E-state index < -0.39 is 298 Å². The number of ether oxygens (including phenoxy) is 16. The fourth-order valence-corrected chi connectivity index (χ4v) is 20.8. The first-order valence-corrected chi connectivity index (χ1v) is 38.7. The van der Waals surface area contributed by atoms with E-state index in [-0.39, 0.29) is 24.2 Å². The summed E-state index contributed by atoms with van der Waals surface area (Å²) in [6.07, 6.45) is -54.9. The highest BCUT2D eigenvalue weighted by molar-refractivity contribution is 5.79. The molecule has 0 amide bonds. The molecule has 4 saturated carbocycles. The summed E-state index contributed by atoms with van der Waals surface area (Å²) >= 11 is 0. The lowest BCUT2D eigenvalue weighted by molar-refractivity contribution is -0.394. The van der Waals surface area contributed by atoms with Gasteiger partial charge in [0.25, 0.3) is 0 Å². The van der Waals surface area contributed by atoms with E-state index in [1.54, 1.807) is 6.92 Å². The highest BCUT2D eigenvalue weighted by Crippen LogP contribution is 2.76. The molecule has 38 nitrogen and oxygen atoms in total. The van der Waals surface area contributed by atoms with Crippen molar-refractivity contribution < 1.29 is 187 Å². The Morgan fingerprint density at radius 2 is 0.955 bits per heavy atom. The predicted molar refractivity (Wildman–Crippen MR) is 366 cm³/mol. The van der Waals surface area contributed by atoms with Gasteiger partial charge in [0, 0.05) is 13.8 Å². The third-order valence-electron chi connectivity index (χ3n) is 27.4. The molecule has 0 radical (unpaired) electrons. The van der Waals surface area contributed by atoms with E-state index in [0.717, 1.165) is 25.7 Å². The minimum absolute atomic E-state index is 0.114. The molecule has 42 unspecified atom stereocenters. The largest absolute Gasteiger partial charge is 0.479 e. The van der Waals surface area contributed by atoms with Crippen LogP contribution < -0.4 is 0 Å². The summed E-state index contributed by atoms with van der Waals surface area (Å²) in [4.78, 5) is 69.9. The number of carbonyl (C=O) groups is 5. The first-order chi connectivity index (χ1) is 52.5. The molecule has 0 aromatic heterocycles. The quantitative estimate of drug-likeness (QED) is 0.0179. The number of carbonyl (C=O) groups excluding carboxylic acids is 4. The van der Waals surface area contributed by atoms with E-state index in [4.69, 9.17) is 75.8 Å². The zero-order chi connectivity index (χ0) is 81.9. The van der Waals surface area contributed by atoms with Crippen molar-refractivity contribution in [1.82, 2.24) is 0 Å². The Balaban J connectivity index is 0.836. The number of rotatable bonds is 20. The number of aliphatic hydroxyl groups is 16. The standard InChI is InChI=1S/C74H114O38/c1-27-52(106-61-46(88)40(82)33(80)24-97-61)55(108-63-48(90)44(86)42(84)35(22-75)103-63)51(93)65(99-27)111-59-57(102-30(4)79)53(101-29(3)78)28(2)100-66(59)112-68(96)74-19-17-69(5,6)21-32(74)31-11-12-38-70(7)15-14-39(71(8,26-77)37(70)13-16-73(38,10)72(31,9)18-20-74)105-67-58(110-64-49(91)45(87)43(85)36(23-76)104-64)54(50(92)56(109-67)60(94)95)107-62-47(89)41(83)34(81)25-98-62/h11,26-28,32-59,61-67,75-76,80-93H,12-25H2,1-10H3,(H,94,95). The number of aliphatic hydroxyl groups excluding tert-OH is 16. The van der Waals surface area contributed by atoms with Crippen LogP contribution in [0.1, 0.15) is 133 Å². The molecule has 12 rings (SSSR count). The third-order valence-corrected chi connectivity index (χ3v) is 27.4. The Morgan fingerprint density at radius 3 is 1.50 bits per heavy atom. The molecule has 0 aromatic rings. The van der Waals surface area contributed by atoms with Gasteiger partial charge in [-0.05, 0) is 117 Å². The zero-order valence-electron chi connectivity index (χ0n) is 64.1. The molecule has 7 heterocycles. The molecular formula is C74H114O38. The van der Waals surface area contributed by atoms with Crippen LogP contribution in [0, 0.1) is 50.2 Å². The summed E-state index contributed by atoms with van der Waals surface area (Å²) in [7, 11) is 0. The van der Waals surface area contributed by atoms with Crippen LogP contribution in [0.2, 0.25) is 0 Å². The number of allylic oxidation sites excluding steroid dienone is 2. The normalized spacial score (nSPS) is 52.2. The molecule has 7 aliphatic heterocycles. The summed E-state index contributed by atoms with van der Waals surface area (Å²) in [6.45, 7) is 14.7. The highest BCUT2D eigenvalue weighted by Gasteiger charge is 2.72. The molecule has 38 heteroatoms. The molecular weight excluding hydrogens is 1500 g/mol. The van der Waals surface area contributed by atoms with Crippen molar-refractivity contribution in [2.75, 3.05) is 26.4 Å². The average molecular weight is 1610 g/mol. The maximum atomic E-state index is 16.2. The van der Waals surface area contributed by atoms with Crippen LogP contribution in [0.25, 0.3) is 0 Å². The molecule has 11 fully saturated rings. The second-order valence-electron chi connectivity index (χ2n) is 34.6. The van der Waals surface area contributed by atoms with Crippen LogP contribution in [0.3, 0.4) is 0 Å². The SMILES string of the molecule is CC(=O)OC1C(C)OC(OC(=O)C23CCC(C)(C)CC2C2=CCC4C5(C)CCC(OC6OC(C(=O)O)C(O)C(OC7OCC(O)C(O)C7O)C6OC6OC(CO)C(O)C(O)C6O)C(C)(C=O)C5CCC4(C)C2(C)CC3)C(OC2OC(C)C(OC3OCC(O)C(O)C3O)C(OC3OC(CO)C(O)C(O)C3O)C2O)C1OC(C)=O. The molecule has 12 aliphatic rings. The van der Waals surface area contributed by atoms with Crippen LogP contribution in [0.4, 0.5) is 0 Å². The highest BCUT2D eigenvalue weighted by atomic mass is 16.8. The van der Waals surface area contributed by atoms with Gasteiger partial charge in [0.2, 0.25) is 6.29 Å². The minimum Gasteiger partial charge on any atom is -0.479 e. The van der Waals surface area contributed by atoms with Gasteiger partial charge < -0.3 is 167 Å². The predicted octanol–water partition coefficient (Wildman–Crippen LogP) is -4.82. The maximum absolute atomic E-state index is 16.2. The van der Waals surface area contributed by atoms with Crippen molar-refractivity contribution in [1.29, 1.82) is 0 Å². The van der Waals surface area contributed by atoms with E-state index in [1.807, 2.05) is 0 Å². The first kappa shape index (κ1) is 87.4. The molecule has 17 N–H and O–H groups in total.